The summed E-state index contributed by atoms with van der Waals surface area (Å²) in [6, 6.07) is 4.67. The summed E-state index contributed by atoms with van der Waals surface area (Å²) in [5, 5.41) is 7.48. The zero-order valence-electron chi connectivity index (χ0n) is 16.5. The quantitative estimate of drug-likeness (QED) is 0.802. The fourth-order valence-corrected chi connectivity index (χ4v) is 3.29. The van der Waals surface area contributed by atoms with E-state index in [1.807, 2.05) is 32.4 Å². The molecule has 0 saturated carbocycles. The number of piperazine rings is 1. The van der Waals surface area contributed by atoms with E-state index in [4.69, 9.17) is 4.79 Å². The Bertz CT molecular complexity index is 629. The molecular weight excluding hydrogens is 346 g/mol. The van der Waals surface area contributed by atoms with Crippen LogP contribution < -0.4 is 10.6 Å². The van der Waals surface area contributed by atoms with E-state index in [0.29, 0.717) is 6.04 Å². The first kappa shape index (κ1) is 22.2. The number of carbonyl (C=O) groups excluding carboxylic acids is 1. The molecule has 0 spiro atoms. The van der Waals surface area contributed by atoms with E-state index >= 15 is 0 Å². The Kier molecular flexibility index (Phi) is 10.7. The first-order valence-corrected chi connectivity index (χ1v) is 9.68. The zero-order chi connectivity index (χ0) is 19.4. The van der Waals surface area contributed by atoms with Crippen LogP contribution in [0.2, 0.25) is 0 Å². The zero-order valence-corrected chi connectivity index (χ0v) is 17.3. The molecule has 3 rings (SSSR count). The first-order chi connectivity index (χ1) is 12.5. The van der Waals surface area contributed by atoms with Crippen LogP contribution in [0.3, 0.4) is 0 Å². The van der Waals surface area contributed by atoms with Crippen LogP contribution in [-0.4, -0.2) is 53.9 Å². The van der Waals surface area contributed by atoms with Crippen LogP contribution in [-0.2, 0) is 11.3 Å². The van der Waals surface area contributed by atoms with Crippen molar-refractivity contribution in [2.75, 3.05) is 32.0 Å². The van der Waals surface area contributed by atoms with Gasteiger partial charge in [-0.25, -0.2) is 4.98 Å². The monoisotopic (exact) mass is 377 g/mol. The van der Waals surface area contributed by atoms with Gasteiger partial charge in [-0.1, -0.05) is 0 Å². The largest absolute Gasteiger partial charge is 0.365 e. The summed E-state index contributed by atoms with van der Waals surface area (Å²) in [7, 11) is 1.91. The molecule has 0 aliphatic carbocycles. The van der Waals surface area contributed by atoms with Crippen LogP contribution in [0.1, 0.15) is 30.0 Å². The van der Waals surface area contributed by atoms with Gasteiger partial charge in [0.15, 0.2) is 5.13 Å². The van der Waals surface area contributed by atoms with Gasteiger partial charge in [0, 0.05) is 62.2 Å². The highest BCUT2D eigenvalue weighted by Crippen LogP contribution is 2.20. The Morgan fingerprint density at radius 3 is 2.65 bits per heavy atom. The smallest absolute Gasteiger partial charge is 0.182 e. The van der Waals surface area contributed by atoms with Gasteiger partial charge in [-0.05, 0) is 45.4 Å². The topological polar surface area (TPSA) is 70.2 Å². The third kappa shape index (κ3) is 8.51. The molecule has 7 heteroatoms. The van der Waals surface area contributed by atoms with Crippen molar-refractivity contribution in [2.24, 2.45) is 0 Å². The maximum atomic E-state index is 8.81. The van der Waals surface area contributed by atoms with Crippen LogP contribution in [0.5, 0.6) is 0 Å². The third-order valence-corrected chi connectivity index (χ3v) is 4.82. The number of nitrogens with one attached hydrogen (secondary N) is 2. The molecule has 0 radical (unpaired) electrons. The summed E-state index contributed by atoms with van der Waals surface area (Å²) in [6.45, 7) is 12.1. The SMILES string of the molecule is CC=O.CNc1ncc(CN2CCNCC2C)s1.Cc1ccnc(C)c1. The number of thiazole rings is 1. The first-order valence-electron chi connectivity index (χ1n) is 8.86. The second-order valence-corrected chi connectivity index (χ2v) is 7.23. The van der Waals surface area contributed by atoms with E-state index < -0.39 is 0 Å². The molecule has 26 heavy (non-hydrogen) atoms. The van der Waals surface area contributed by atoms with Gasteiger partial charge in [-0.15, -0.1) is 11.3 Å². The fraction of sp³-hybridized carbons (Fsp3) is 0.526. The molecule has 1 unspecified atom stereocenters. The molecule has 1 saturated heterocycles. The minimum atomic E-state index is 0.624. The maximum absolute atomic E-state index is 8.81. The van der Waals surface area contributed by atoms with Crippen molar-refractivity contribution in [1.82, 2.24) is 20.2 Å². The molecule has 2 aromatic rings. The maximum Gasteiger partial charge on any atom is 0.182 e. The van der Waals surface area contributed by atoms with Crippen LogP contribution in [0.25, 0.3) is 0 Å². The van der Waals surface area contributed by atoms with Gasteiger partial charge in [-0.3, -0.25) is 9.88 Å². The van der Waals surface area contributed by atoms with Gasteiger partial charge in [0.25, 0.3) is 0 Å². The lowest BCUT2D eigenvalue weighted by Gasteiger charge is -2.33. The Hall–Kier alpha value is -1.83. The number of aldehydes is 1. The molecule has 1 aliphatic heterocycles. The molecule has 1 aliphatic rings. The molecule has 144 valence electrons. The molecular formula is C19H31N5OS. The summed E-state index contributed by atoms with van der Waals surface area (Å²) >= 11 is 1.74. The normalized spacial score (nSPS) is 16.6. The van der Waals surface area contributed by atoms with Crippen LogP contribution in [0.4, 0.5) is 5.13 Å². The van der Waals surface area contributed by atoms with E-state index in [9.17, 15) is 0 Å². The predicted octanol–water partition coefficient (Wildman–Crippen LogP) is 2.88. The number of anilines is 1. The molecule has 1 atom stereocenters. The standard InChI is InChI=1S/C10H18N4S.C7H9N.C2H4O/c1-8-5-12-3-4-14(8)7-9-6-13-10(11-2)15-9;1-6-3-4-8-7(2)5-6;1-2-3/h6,8,12H,3-5,7H2,1-2H3,(H,11,13);3-5H,1-2H3;2H,1H3. The van der Waals surface area contributed by atoms with E-state index in [1.165, 1.54) is 17.4 Å². The highest BCUT2D eigenvalue weighted by molar-refractivity contribution is 7.15. The number of hydrogen-bond donors (Lipinski definition) is 2. The lowest BCUT2D eigenvalue weighted by atomic mass is 10.2. The second-order valence-electron chi connectivity index (χ2n) is 6.12. The highest BCUT2D eigenvalue weighted by Gasteiger charge is 2.18. The minimum Gasteiger partial charge on any atom is -0.365 e. The van der Waals surface area contributed by atoms with E-state index in [2.05, 4.69) is 45.4 Å². The lowest BCUT2D eigenvalue weighted by Crippen LogP contribution is -2.49. The predicted molar refractivity (Wildman–Crippen MR) is 110 cm³/mol. The van der Waals surface area contributed by atoms with E-state index in [-0.39, 0.29) is 0 Å². The van der Waals surface area contributed by atoms with Gasteiger partial charge < -0.3 is 15.4 Å². The number of nitrogens with zero attached hydrogens (tertiary/aromatic N) is 3. The molecule has 0 bridgehead atoms. The molecule has 1 fully saturated rings. The second kappa shape index (κ2) is 12.5. The number of rotatable bonds is 3. The average molecular weight is 378 g/mol. The number of aryl methyl sites for hydroxylation is 2. The Morgan fingerprint density at radius 2 is 2.15 bits per heavy atom. The molecule has 2 N–H and O–H groups in total. The van der Waals surface area contributed by atoms with Crippen molar-refractivity contribution in [2.45, 2.75) is 40.3 Å². The van der Waals surface area contributed by atoms with Crippen LogP contribution in [0, 0.1) is 13.8 Å². The molecule has 0 amide bonds. The summed E-state index contributed by atoms with van der Waals surface area (Å²) in [4.78, 5) is 21.0. The number of aromatic nitrogens is 2. The van der Waals surface area contributed by atoms with Crippen molar-refractivity contribution in [3.63, 3.8) is 0 Å². The number of hydrogen-bond acceptors (Lipinski definition) is 7. The Labute approximate surface area is 161 Å². The molecule has 6 nitrogen and oxygen atoms in total. The Balaban J connectivity index is 0.000000258. The van der Waals surface area contributed by atoms with Gasteiger partial charge in [0.05, 0.1) is 0 Å². The summed E-state index contributed by atoms with van der Waals surface area (Å²) in [6.07, 6.45) is 4.55. The van der Waals surface area contributed by atoms with Gasteiger partial charge in [0.2, 0.25) is 0 Å². The highest BCUT2D eigenvalue weighted by atomic mass is 32.1. The van der Waals surface area contributed by atoms with Crippen molar-refractivity contribution in [3.8, 4) is 0 Å². The average Bonchev–Trinajstić information content (AvgIpc) is 3.06. The third-order valence-electron chi connectivity index (χ3n) is 3.82. The van der Waals surface area contributed by atoms with Crippen molar-refractivity contribution >= 4 is 22.8 Å². The summed E-state index contributed by atoms with van der Waals surface area (Å²) in [5.74, 6) is 0. The van der Waals surface area contributed by atoms with E-state index in [0.717, 1.165) is 43.3 Å². The fourth-order valence-electron chi connectivity index (χ4n) is 2.50. The number of pyridine rings is 1. The van der Waals surface area contributed by atoms with E-state index in [1.54, 1.807) is 11.3 Å². The van der Waals surface area contributed by atoms with Crippen molar-refractivity contribution in [3.05, 3.63) is 40.7 Å². The van der Waals surface area contributed by atoms with Crippen LogP contribution >= 0.6 is 11.3 Å². The van der Waals surface area contributed by atoms with Crippen molar-refractivity contribution < 1.29 is 4.79 Å². The van der Waals surface area contributed by atoms with Gasteiger partial charge in [0.1, 0.15) is 6.29 Å². The lowest BCUT2D eigenvalue weighted by molar-refractivity contribution is -0.106. The van der Waals surface area contributed by atoms with Gasteiger partial charge >= 0.3 is 0 Å². The Morgan fingerprint density at radius 1 is 1.42 bits per heavy atom. The summed E-state index contributed by atoms with van der Waals surface area (Å²) in [5.41, 5.74) is 2.36. The number of carbonyl (C=O) groups is 1. The molecule has 2 aromatic heterocycles. The van der Waals surface area contributed by atoms with Gasteiger partial charge in [-0.2, -0.15) is 0 Å². The molecule has 3 heterocycles. The van der Waals surface area contributed by atoms with Crippen molar-refractivity contribution in [1.29, 1.82) is 0 Å². The summed E-state index contributed by atoms with van der Waals surface area (Å²) < 4.78 is 0. The van der Waals surface area contributed by atoms with Crippen LogP contribution in [0.15, 0.2) is 24.5 Å². The minimum absolute atomic E-state index is 0.624. The molecule has 0 aromatic carbocycles.